The fraction of sp³-hybridized carbons (Fsp3) is 0.615. The van der Waals surface area contributed by atoms with Crippen LogP contribution in [0.3, 0.4) is 0 Å². The van der Waals surface area contributed by atoms with E-state index < -0.39 is 5.54 Å². The van der Waals surface area contributed by atoms with E-state index in [1.807, 2.05) is 44.5 Å². The van der Waals surface area contributed by atoms with Gasteiger partial charge in [0.2, 0.25) is 0 Å². The van der Waals surface area contributed by atoms with Crippen LogP contribution in [0.15, 0.2) is 18.3 Å². The maximum Gasteiger partial charge on any atom is 0.268 e. The van der Waals surface area contributed by atoms with E-state index in [9.17, 15) is 9.90 Å². The number of carbonyl (C=O) groups excluding carboxylic acids is 1. The van der Waals surface area contributed by atoms with Crippen LogP contribution in [0, 0.1) is 0 Å². The van der Waals surface area contributed by atoms with Gasteiger partial charge in [0.1, 0.15) is 5.69 Å². The lowest BCUT2D eigenvalue weighted by Gasteiger charge is -2.27. The molecule has 2 N–H and O–H groups in total. The molecule has 1 rings (SSSR count). The molecule has 0 aliphatic rings. The molecule has 1 amide bonds. The van der Waals surface area contributed by atoms with Crippen molar-refractivity contribution >= 4 is 5.91 Å². The molecule has 4 nitrogen and oxygen atoms in total. The highest BCUT2D eigenvalue weighted by Gasteiger charge is 2.25. The normalized spacial score (nSPS) is 14.7. The highest BCUT2D eigenvalue weighted by molar-refractivity contribution is 5.93. The lowest BCUT2D eigenvalue weighted by molar-refractivity contribution is 0.0836. The first-order valence-corrected chi connectivity index (χ1v) is 6.03. The minimum Gasteiger partial charge on any atom is -0.394 e. The average Bonchev–Trinajstić information content (AvgIpc) is 2.77. The second-order valence-corrected chi connectivity index (χ2v) is 4.92. The molecular formula is C13H22N2O2. The van der Waals surface area contributed by atoms with E-state index in [0.29, 0.717) is 12.1 Å². The Morgan fingerprint density at radius 3 is 2.71 bits per heavy atom. The molecule has 0 aliphatic carbocycles. The van der Waals surface area contributed by atoms with Crippen molar-refractivity contribution in [1.82, 2.24) is 9.88 Å². The van der Waals surface area contributed by atoms with Gasteiger partial charge in [-0.2, -0.15) is 0 Å². The molecule has 96 valence electrons. The van der Waals surface area contributed by atoms with Crippen molar-refractivity contribution in [2.24, 2.45) is 0 Å². The van der Waals surface area contributed by atoms with Crippen molar-refractivity contribution in [2.45, 2.75) is 45.7 Å². The minimum atomic E-state index is -0.552. The van der Waals surface area contributed by atoms with E-state index in [1.165, 1.54) is 0 Å². The number of aromatic nitrogens is 1. The molecule has 0 fully saturated rings. The molecule has 0 spiro atoms. The Bertz CT molecular complexity index is 379. The van der Waals surface area contributed by atoms with Gasteiger partial charge in [0.15, 0.2) is 0 Å². The molecule has 1 aromatic rings. The van der Waals surface area contributed by atoms with Gasteiger partial charge in [0, 0.05) is 12.2 Å². The highest BCUT2D eigenvalue weighted by atomic mass is 16.3. The van der Waals surface area contributed by atoms with Crippen molar-refractivity contribution in [3.05, 3.63) is 24.0 Å². The molecule has 1 atom stereocenters. The first-order valence-electron chi connectivity index (χ1n) is 6.03. The standard InChI is InChI=1S/C13H22N2O2/c1-5-13(4,9-16)14-12(17)11-7-6-8-15(11)10(2)3/h6-8,10,16H,5,9H2,1-4H3,(H,14,17). The number of carbonyl (C=O) groups is 1. The van der Waals surface area contributed by atoms with Crippen LogP contribution in [0.25, 0.3) is 0 Å². The van der Waals surface area contributed by atoms with Gasteiger partial charge in [-0.25, -0.2) is 0 Å². The average molecular weight is 238 g/mol. The van der Waals surface area contributed by atoms with Crippen LogP contribution in [0.1, 0.15) is 50.6 Å². The van der Waals surface area contributed by atoms with Gasteiger partial charge in [0.25, 0.3) is 5.91 Å². The van der Waals surface area contributed by atoms with E-state index in [0.717, 1.165) is 0 Å². The molecule has 0 saturated carbocycles. The molecular weight excluding hydrogens is 216 g/mol. The molecule has 0 radical (unpaired) electrons. The van der Waals surface area contributed by atoms with E-state index in [2.05, 4.69) is 5.32 Å². The summed E-state index contributed by atoms with van der Waals surface area (Å²) in [5, 5.41) is 12.2. The summed E-state index contributed by atoms with van der Waals surface area (Å²) < 4.78 is 1.92. The fourth-order valence-corrected chi connectivity index (χ4v) is 1.61. The molecule has 1 aromatic heterocycles. The zero-order valence-electron chi connectivity index (χ0n) is 11.0. The summed E-state index contributed by atoms with van der Waals surface area (Å²) in [6, 6.07) is 3.90. The number of hydrogen-bond donors (Lipinski definition) is 2. The molecule has 1 unspecified atom stereocenters. The van der Waals surface area contributed by atoms with E-state index in [-0.39, 0.29) is 18.6 Å². The molecule has 1 heterocycles. The monoisotopic (exact) mass is 238 g/mol. The Hall–Kier alpha value is -1.29. The quantitative estimate of drug-likeness (QED) is 0.824. The third-order valence-corrected chi connectivity index (χ3v) is 3.11. The smallest absolute Gasteiger partial charge is 0.268 e. The summed E-state index contributed by atoms with van der Waals surface area (Å²) in [7, 11) is 0. The number of hydrogen-bond acceptors (Lipinski definition) is 2. The number of aliphatic hydroxyl groups is 1. The summed E-state index contributed by atoms with van der Waals surface area (Å²) in [6.45, 7) is 7.78. The van der Waals surface area contributed by atoms with E-state index >= 15 is 0 Å². The SMILES string of the molecule is CCC(C)(CO)NC(=O)c1cccn1C(C)C. The van der Waals surface area contributed by atoms with Gasteiger partial charge in [-0.3, -0.25) is 4.79 Å². The Morgan fingerprint density at radius 1 is 1.59 bits per heavy atom. The lowest BCUT2D eigenvalue weighted by atomic mass is 10.00. The van der Waals surface area contributed by atoms with Crippen LogP contribution in [-0.4, -0.2) is 27.7 Å². The molecule has 0 aliphatic heterocycles. The predicted molar refractivity (Wildman–Crippen MR) is 68.1 cm³/mol. The van der Waals surface area contributed by atoms with Crippen LogP contribution >= 0.6 is 0 Å². The third kappa shape index (κ3) is 3.09. The number of nitrogens with one attached hydrogen (secondary N) is 1. The molecule has 4 heteroatoms. The first-order chi connectivity index (χ1) is 7.93. The maximum absolute atomic E-state index is 12.1. The Morgan fingerprint density at radius 2 is 2.24 bits per heavy atom. The van der Waals surface area contributed by atoms with Crippen LogP contribution in [0.4, 0.5) is 0 Å². The van der Waals surface area contributed by atoms with Crippen molar-refractivity contribution in [2.75, 3.05) is 6.61 Å². The van der Waals surface area contributed by atoms with Crippen LogP contribution < -0.4 is 5.32 Å². The Balaban J connectivity index is 2.87. The Labute approximate surface area is 103 Å². The third-order valence-electron chi connectivity index (χ3n) is 3.11. The number of nitrogens with zero attached hydrogens (tertiary/aromatic N) is 1. The van der Waals surface area contributed by atoms with Gasteiger partial charge < -0.3 is 15.0 Å². The highest BCUT2D eigenvalue weighted by Crippen LogP contribution is 2.13. The molecule has 0 saturated heterocycles. The van der Waals surface area contributed by atoms with Gasteiger partial charge >= 0.3 is 0 Å². The van der Waals surface area contributed by atoms with Crippen LogP contribution in [0.2, 0.25) is 0 Å². The van der Waals surface area contributed by atoms with Gasteiger partial charge in [-0.15, -0.1) is 0 Å². The van der Waals surface area contributed by atoms with Gasteiger partial charge in [-0.1, -0.05) is 6.92 Å². The van der Waals surface area contributed by atoms with Crippen molar-refractivity contribution in [3.8, 4) is 0 Å². The Kier molecular flexibility index (Phi) is 4.34. The van der Waals surface area contributed by atoms with Crippen LogP contribution in [0.5, 0.6) is 0 Å². The summed E-state index contributed by atoms with van der Waals surface area (Å²) >= 11 is 0. The number of amides is 1. The van der Waals surface area contributed by atoms with E-state index in [4.69, 9.17) is 0 Å². The summed E-state index contributed by atoms with van der Waals surface area (Å²) in [4.78, 5) is 12.1. The van der Waals surface area contributed by atoms with Gasteiger partial charge in [-0.05, 0) is 39.3 Å². The molecule has 0 aromatic carbocycles. The second-order valence-electron chi connectivity index (χ2n) is 4.92. The van der Waals surface area contributed by atoms with Crippen LogP contribution in [-0.2, 0) is 0 Å². The lowest BCUT2D eigenvalue weighted by Crippen LogP contribution is -2.48. The zero-order chi connectivity index (χ0) is 13.1. The first kappa shape index (κ1) is 13.8. The van der Waals surface area contributed by atoms with Crippen molar-refractivity contribution in [1.29, 1.82) is 0 Å². The fourth-order valence-electron chi connectivity index (χ4n) is 1.61. The maximum atomic E-state index is 12.1. The zero-order valence-corrected chi connectivity index (χ0v) is 11.0. The minimum absolute atomic E-state index is 0.0579. The van der Waals surface area contributed by atoms with Crippen molar-refractivity contribution < 1.29 is 9.90 Å². The number of rotatable bonds is 5. The summed E-state index contributed by atoms with van der Waals surface area (Å²) in [5.41, 5.74) is 0.0801. The molecule has 0 bridgehead atoms. The molecule has 17 heavy (non-hydrogen) atoms. The second kappa shape index (κ2) is 5.36. The topological polar surface area (TPSA) is 54.3 Å². The summed E-state index contributed by atoms with van der Waals surface area (Å²) in [6.07, 6.45) is 2.58. The van der Waals surface area contributed by atoms with Gasteiger partial charge in [0.05, 0.1) is 12.1 Å². The number of aliphatic hydroxyl groups excluding tert-OH is 1. The van der Waals surface area contributed by atoms with Crippen molar-refractivity contribution in [3.63, 3.8) is 0 Å². The van der Waals surface area contributed by atoms with E-state index in [1.54, 1.807) is 6.07 Å². The largest absolute Gasteiger partial charge is 0.394 e. The summed E-state index contributed by atoms with van der Waals surface area (Å²) in [5.74, 6) is -0.137. The predicted octanol–water partition coefficient (Wildman–Crippen LogP) is 1.96.